The van der Waals surface area contributed by atoms with Gasteiger partial charge in [0.25, 0.3) is 0 Å². The zero-order chi connectivity index (χ0) is 26.2. The molecule has 3 N–H and O–H groups in total. The maximum Gasteiger partial charge on any atom is 0.250 e. The zero-order valence-electron chi connectivity index (χ0n) is 19.9. The predicted molar refractivity (Wildman–Crippen MR) is 136 cm³/mol. The van der Waals surface area contributed by atoms with Gasteiger partial charge in [0, 0.05) is 11.6 Å². The summed E-state index contributed by atoms with van der Waals surface area (Å²) in [6.45, 7) is 0.169. The lowest BCUT2D eigenvalue weighted by molar-refractivity contribution is -0.143. The van der Waals surface area contributed by atoms with Gasteiger partial charge in [0.15, 0.2) is 11.5 Å². The van der Waals surface area contributed by atoms with Crippen molar-refractivity contribution in [1.82, 2.24) is 10.2 Å². The molecule has 2 saturated heterocycles. The Kier molecular flexibility index (Phi) is 4.98. The minimum Gasteiger partial charge on any atom is -0.508 e. The number of hydrogen-bond donors (Lipinski definition) is 3. The highest BCUT2D eigenvalue weighted by atomic mass is 35.5. The molecular formula is C28H22ClN3O6. The van der Waals surface area contributed by atoms with Crippen LogP contribution in [-0.2, 0) is 32.9 Å². The maximum absolute atomic E-state index is 14.0. The number of phenolic OH excluding ortho intramolecular Hbond substituents is 1. The second-order valence-corrected chi connectivity index (χ2v) is 10.4. The van der Waals surface area contributed by atoms with Crippen LogP contribution in [0.1, 0.15) is 16.7 Å². The number of fused-ring (bicyclic) bond motifs is 5. The Labute approximate surface area is 222 Å². The summed E-state index contributed by atoms with van der Waals surface area (Å²) in [6, 6.07) is 16.6. The summed E-state index contributed by atoms with van der Waals surface area (Å²) < 4.78 is 10.8. The molecule has 10 heteroatoms. The minimum atomic E-state index is -1.44. The number of nitrogens with one attached hydrogen (secondary N) is 2. The number of phenols is 1. The number of imide groups is 1. The zero-order valence-corrected chi connectivity index (χ0v) is 20.7. The first-order valence-corrected chi connectivity index (χ1v) is 12.6. The third-order valence-corrected chi connectivity index (χ3v) is 8.28. The molecule has 38 heavy (non-hydrogen) atoms. The number of nitrogens with zero attached hydrogens (tertiary/aromatic N) is 1. The second kappa shape index (κ2) is 8.21. The summed E-state index contributed by atoms with van der Waals surface area (Å²) in [5, 5.41) is 16.3. The first-order chi connectivity index (χ1) is 18.4. The molecule has 0 radical (unpaired) electrons. The van der Waals surface area contributed by atoms with Gasteiger partial charge < -0.3 is 19.9 Å². The number of benzene rings is 3. The van der Waals surface area contributed by atoms with Crippen LogP contribution in [-0.4, -0.2) is 40.6 Å². The first-order valence-electron chi connectivity index (χ1n) is 12.3. The summed E-state index contributed by atoms with van der Waals surface area (Å²) in [4.78, 5) is 42.9. The molecule has 4 aliphatic rings. The summed E-state index contributed by atoms with van der Waals surface area (Å²) in [6.07, 6.45) is 0.378. The summed E-state index contributed by atoms with van der Waals surface area (Å²) >= 11 is 6.42. The van der Waals surface area contributed by atoms with E-state index in [-0.39, 0.29) is 25.0 Å². The van der Waals surface area contributed by atoms with E-state index in [1.54, 1.807) is 60.7 Å². The van der Waals surface area contributed by atoms with Crippen LogP contribution >= 0.6 is 11.6 Å². The van der Waals surface area contributed by atoms with Crippen molar-refractivity contribution in [1.29, 1.82) is 0 Å². The van der Waals surface area contributed by atoms with Gasteiger partial charge in [-0.2, -0.15) is 0 Å². The smallest absolute Gasteiger partial charge is 0.250 e. The van der Waals surface area contributed by atoms with Crippen LogP contribution in [0.3, 0.4) is 0 Å². The van der Waals surface area contributed by atoms with E-state index in [1.165, 1.54) is 4.90 Å². The van der Waals surface area contributed by atoms with Gasteiger partial charge in [0.05, 0.1) is 29.1 Å². The number of carbonyl (C=O) groups is 3. The summed E-state index contributed by atoms with van der Waals surface area (Å²) in [7, 11) is 0. The van der Waals surface area contributed by atoms with Gasteiger partial charge in [-0.15, -0.1) is 0 Å². The molecule has 4 heterocycles. The molecule has 3 aromatic carbocycles. The van der Waals surface area contributed by atoms with Crippen LogP contribution in [0.5, 0.6) is 17.2 Å². The van der Waals surface area contributed by atoms with Gasteiger partial charge in [0.1, 0.15) is 11.3 Å². The molecule has 7 rings (SSSR count). The normalized spacial score (nSPS) is 26.7. The van der Waals surface area contributed by atoms with Crippen LogP contribution in [0.15, 0.2) is 60.7 Å². The highest BCUT2D eigenvalue weighted by Gasteiger charge is 2.70. The average molecular weight is 532 g/mol. The van der Waals surface area contributed by atoms with E-state index >= 15 is 0 Å². The van der Waals surface area contributed by atoms with Crippen LogP contribution in [0.4, 0.5) is 5.69 Å². The molecule has 9 nitrogen and oxygen atoms in total. The number of aromatic hydroxyl groups is 1. The topological polar surface area (TPSA) is 117 Å². The Morgan fingerprint density at radius 2 is 1.74 bits per heavy atom. The van der Waals surface area contributed by atoms with E-state index in [0.29, 0.717) is 39.8 Å². The van der Waals surface area contributed by atoms with Gasteiger partial charge >= 0.3 is 0 Å². The molecule has 0 bridgehead atoms. The highest BCUT2D eigenvalue weighted by Crippen LogP contribution is 2.54. The van der Waals surface area contributed by atoms with Crippen molar-refractivity contribution in [3.8, 4) is 17.2 Å². The Morgan fingerprint density at radius 3 is 2.55 bits per heavy atom. The van der Waals surface area contributed by atoms with Gasteiger partial charge in [-0.1, -0.05) is 41.9 Å². The van der Waals surface area contributed by atoms with Gasteiger partial charge in [-0.05, 0) is 47.9 Å². The molecule has 0 aromatic heterocycles. The number of carbonyl (C=O) groups excluding carboxylic acids is 3. The molecule has 3 aromatic rings. The Balaban J connectivity index is 1.30. The summed E-state index contributed by atoms with van der Waals surface area (Å²) in [5.41, 5.74) is 1.14. The molecule has 2 fully saturated rings. The van der Waals surface area contributed by atoms with Gasteiger partial charge in [-0.25, -0.2) is 0 Å². The van der Waals surface area contributed by atoms with E-state index in [0.717, 1.165) is 5.56 Å². The lowest BCUT2D eigenvalue weighted by Gasteiger charge is -2.29. The van der Waals surface area contributed by atoms with Crippen LogP contribution in [0.2, 0.25) is 5.02 Å². The van der Waals surface area contributed by atoms with Crippen molar-refractivity contribution in [3.05, 3.63) is 82.4 Å². The van der Waals surface area contributed by atoms with E-state index in [9.17, 15) is 19.5 Å². The molecule has 192 valence electrons. The number of amides is 3. The van der Waals surface area contributed by atoms with E-state index in [1.807, 2.05) is 0 Å². The molecule has 3 amide bonds. The molecule has 0 saturated carbocycles. The number of hydrogen-bond acceptors (Lipinski definition) is 7. The Bertz CT molecular complexity index is 1530. The predicted octanol–water partition coefficient (Wildman–Crippen LogP) is 2.94. The van der Waals surface area contributed by atoms with Crippen molar-refractivity contribution in [2.24, 2.45) is 11.8 Å². The summed E-state index contributed by atoms with van der Waals surface area (Å²) in [5.74, 6) is -1.60. The van der Waals surface area contributed by atoms with Crippen molar-refractivity contribution in [3.63, 3.8) is 0 Å². The Morgan fingerprint density at radius 1 is 0.974 bits per heavy atom. The number of para-hydroxylation sites is 1. The number of halogens is 1. The second-order valence-electron chi connectivity index (χ2n) is 10.00. The first kappa shape index (κ1) is 23.1. The molecule has 0 aliphatic carbocycles. The molecule has 1 spiro atoms. The largest absolute Gasteiger partial charge is 0.508 e. The number of anilines is 1. The lowest BCUT2D eigenvalue weighted by Crippen LogP contribution is -2.53. The number of rotatable bonds is 4. The van der Waals surface area contributed by atoms with E-state index in [2.05, 4.69) is 10.6 Å². The van der Waals surface area contributed by atoms with Crippen LogP contribution in [0.25, 0.3) is 0 Å². The molecule has 4 atom stereocenters. The quantitative estimate of drug-likeness (QED) is 0.443. The van der Waals surface area contributed by atoms with E-state index < -0.39 is 35.2 Å². The lowest BCUT2D eigenvalue weighted by atomic mass is 9.76. The minimum absolute atomic E-state index is 0.0489. The van der Waals surface area contributed by atoms with Gasteiger partial charge in [-0.3, -0.25) is 24.6 Å². The molecule has 4 aliphatic heterocycles. The van der Waals surface area contributed by atoms with Crippen LogP contribution < -0.4 is 20.1 Å². The fraction of sp³-hybridized carbons (Fsp3) is 0.250. The molecule has 4 unspecified atom stereocenters. The third kappa shape index (κ3) is 3.18. The van der Waals surface area contributed by atoms with Crippen LogP contribution in [0, 0.1) is 11.8 Å². The maximum atomic E-state index is 14.0. The standard InChI is InChI=1S/C28H22ClN3O6/c29-18-3-1-2-17-24(18)30-27(36)28(17)23-22(19(31-28)10-14-4-7-16(33)8-5-14)25(34)32(26(23)35)12-15-6-9-20-21(11-15)38-13-37-20/h1-9,11,19,22-23,31,33H,10,12-13H2,(H,30,36). The van der Waals surface area contributed by atoms with Crippen molar-refractivity contribution < 1.29 is 29.0 Å². The monoisotopic (exact) mass is 531 g/mol. The fourth-order valence-electron chi connectivity index (χ4n) is 6.29. The van der Waals surface area contributed by atoms with E-state index in [4.69, 9.17) is 21.1 Å². The van der Waals surface area contributed by atoms with Gasteiger partial charge in [0.2, 0.25) is 24.5 Å². The fourth-order valence-corrected chi connectivity index (χ4v) is 6.51. The van der Waals surface area contributed by atoms with Crippen molar-refractivity contribution >= 4 is 35.0 Å². The average Bonchev–Trinajstić information content (AvgIpc) is 3.63. The van der Waals surface area contributed by atoms with Crippen molar-refractivity contribution in [2.75, 3.05) is 12.1 Å². The number of ether oxygens (including phenoxy) is 2. The third-order valence-electron chi connectivity index (χ3n) is 7.96. The number of likely N-dealkylation sites (tertiary alicyclic amines) is 1. The SMILES string of the molecule is O=C1C2C(Cc3ccc(O)cc3)NC3(C(=O)Nc4c(Cl)cccc43)C2C(=O)N1Cc1ccc2c(c1)OCO2. The highest BCUT2D eigenvalue weighted by molar-refractivity contribution is 6.35. The molecular weight excluding hydrogens is 510 g/mol. The van der Waals surface area contributed by atoms with Crippen molar-refractivity contribution in [2.45, 2.75) is 24.5 Å². The Hall–Kier alpha value is -4.08.